The lowest BCUT2D eigenvalue weighted by atomic mass is 9.96. The van der Waals surface area contributed by atoms with Crippen LogP contribution in [0.15, 0.2) is 0 Å². The first-order chi connectivity index (χ1) is 6.22. The highest BCUT2D eigenvalue weighted by Crippen LogP contribution is 2.22. The second-order valence-electron chi connectivity index (χ2n) is 3.92. The fourth-order valence-electron chi connectivity index (χ4n) is 1.22. The van der Waals surface area contributed by atoms with E-state index in [1.54, 1.807) is 0 Å². The van der Waals surface area contributed by atoms with Crippen molar-refractivity contribution >= 4 is 5.97 Å². The second kappa shape index (κ2) is 5.22. The quantitative estimate of drug-likeness (QED) is 0.660. The van der Waals surface area contributed by atoms with Gasteiger partial charge in [0.25, 0.3) is 0 Å². The Morgan fingerprint density at radius 3 is 2.77 bits per heavy atom. The van der Waals surface area contributed by atoms with Crippen molar-refractivity contribution in [2.24, 2.45) is 11.7 Å². The second-order valence-corrected chi connectivity index (χ2v) is 3.92. The molecule has 3 nitrogen and oxygen atoms in total. The molecular formula is C10H19NO2. The van der Waals surface area contributed by atoms with E-state index >= 15 is 0 Å². The minimum absolute atomic E-state index is 0.0509. The largest absolute Gasteiger partial charge is 0.462 e. The summed E-state index contributed by atoms with van der Waals surface area (Å²) in [6.07, 6.45) is 4.91. The van der Waals surface area contributed by atoms with Gasteiger partial charge in [-0.15, -0.1) is 0 Å². The summed E-state index contributed by atoms with van der Waals surface area (Å²) in [7, 11) is 0. The van der Waals surface area contributed by atoms with Gasteiger partial charge in [-0.2, -0.15) is 0 Å². The molecule has 0 heterocycles. The van der Waals surface area contributed by atoms with E-state index in [2.05, 4.69) is 6.92 Å². The summed E-state index contributed by atoms with van der Waals surface area (Å²) >= 11 is 0. The molecule has 1 saturated carbocycles. The lowest BCUT2D eigenvalue weighted by Crippen LogP contribution is -2.25. The molecule has 1 unspecified atom stereocenters. The van der Waals surface area contributed by atoms with Crippen LogP contribution in [0.1, 0.15) is 39.0 Å². The number of carbonyl (C=O) groups excluding carboxylic acids is 1. The van der Waals surface area contributed by atoms with Crippen LogP contribution in [-0.4, -0.2) is 18.6 Å². The molecule has 3 heteroatoms. The molecule has 0 radical (unpaired) electrons. The highest BCUT2D eigenvalue weighted by Gasteiger charge is 2.21. The van der Waals surface area contributed by atoms with Gasteiger partial charge in [0.15, 0.2) is 0 Å². The van der Waals surface area contributed by atoms with Crippen molar-refractivity contribution in [2.45, 2.75) is 45.1 Å². The zero-order valence-electron chi connectivity index (χ0n) is 8.29. The van der Waals surface area contributed by atoms with Crippen LogP contribution in [-0.2, 0) is 9.53 Å². The van der Waals surface area contributed by atoms with E-state index in [0.717, 1.165) is 19.3 Å². The fourth-order valence-corrected chi connectivity index (χ4v) is 1.22. The Balaban J connectivity index is 2.03. The Kier molecular flexibility index (Phi) is 4.22. The lowest BCUT2D eigenvalue weighted by molar-refractivity contribution is -0.153. The van der Waals surface area contributed by atoms with E-state index in [1.807, 2.05) is 0 Å². The minimum Gasteiger partial charge on any atom is -0.462 e. The first-order valence-electron chi connectivity index (χ1n) is 5.12. The third kappa shape index (κ3) is 3.77. The zero-order valence-corrected chi connectivity index (χ0v) is 8.29. The van der Waals surface area contributed by atoms with E-state index in [4.69, 9.17) is 10.5 Å². The van der Waals surface area contributed by atoms with Crippen molar-refractivity contribution in [3.63, 3.8) is 0 Å². The molecule has 76 valence electrons. The van der Waals surface area contributed by atoms with E-state index in [-0.39, 0.29) is 12.1 Å². The van der Waals surface area contributed by atoms with Gasteiger partial charge in [-0.1, -0.05) is 6.92 Å². The maximum absolute atomic E-state index is 11.2. The molecule has 0 amide bonds. The fraction of sp³-hybridized carbons (Fsp3) is 0.900. The maximum Gasteiger partial charge on any atom is 0.306 e. The van der Waals surface area contributed by atoms with Crippen LogP contribution in [0.2, 0.25) is 0 Å². The topological polar surface area (TPSA) is 52.3 Å². The van der Waals surface area contributed by atoms with Crippen LogP contribution < -0.4 is 5.73 Å². The number of carbonyl (C=O) groups is 1. The smallest absolute Gasteiger partial charge is 0.306 e. The van der Waals surface area contributed by atoms with Gasteiger partial charge in [0.05, 0.1) is 0 Å². The van der Waals surface area contributed by atoms with Crippen LogP contribution in [0, 0.1) is 5.92 Å². The first-order valence-corrected chi connectivity index (χ1v) is 5.12. The molecule has 0 spiro atoms. The van der Waals surface area contributed by atoms with Crippen molar-refractivity contribution in [3.8, 4) is 0 Å². The molecule has 13 heavy (non-hydrogen) atoms. The van der Waals surface area contributed by atoms with Crippen LogP contribution in [0.4, 0.5) is 0 Å². The van der Waals surface area contributed by atoms with Gasteiger partial charge in [0.2, 0.25) is 0 Å². The van der Waals surface area contributed by atoms with E-state index < -0.39 is 0 Å². The Bertz CT molecular complexity index is 166. The molecule has 0 aromatic heterocycles. The highest BCUT2D eigenvalue weighted by molar-refractivity contribution is 5.69. The molecule has 1 fully saturated rings. The Morgan fingerprint density at radius 1 is 1.62 bits per heavy atom. The Hall–Kier alpha value is -0.570. The highest BCUT2D eigenvalue weighted by atomic mass is 16.5. The summed E-state index contributed by atoms with van der Waals surface area (Å²) in [5, 5.41) is 0. The summed E-state index contributed by atoms with van der Waals surface area (Å²) in [6.45, 7) is 2.70. The summed E-state index contributed by atoms with van der Waals surface area (Å²) < 4.78 is 5.20. The van der Waals surface area contributed by atoms with Gasteiger partial charge in [-0.3, -0.25) is 4.79 Å². The normalized spacial score (nSPS) is 19.2. The SMILES string of the molecule is CC(CN)CCC(=O)OC1CCC1. The minimum atomic E-state index is -0.0509. The predicted octanol–water partition coefficient (Wildman–Crippen LogP) is 1.46. The third-order valence-electron chi connectivity index (χ3n) is 2.59. The molecular weight excluding hydrogens is 166 g/mol. The molecule has 0 saturated heterocycles. The zero-order chi connectivity index (χ0) is 9.68. The number of hydrogen-bond acceptors (Lipinski definition) is 3. The molecule has 2 N–H and O–H groups in total. The van der Waals surface area contributed by atoms with Crippen molar-refractivity contribution in [2.75, 3.05) is 6.54 Å². The molecule has 1 aliphatic rings. The average Bonchev–Trinajstić information content (AvgIpc) is 2.07. The number of nitrogens with two attached hydrogens (primary N) is 1. The van der Waals surface area contributed by atoms with Gasteiger partial charge in [-0.05, 0) is 38.1 Å². The maximum atomic E-state index is 11.2. The number of rotatable bonds is 5. The van der Waals surface area contributed by atoms with Gasteiger partial charge in [-0.25, -0.2) is 0 Å². The van der Waals surface area contributed by atoms with Crippen molar-refractivity contribution < 1.29 is 9.53 Å². The monoisotopic (exact) mass is 185 g/mol. The molecule has 0 bridgehead atoms. The average molecular weight is 185 g/mol. The van der Waals surface area contributed by atoms with Crippen LogP contribution >= 0.6 is 0 Å². The Morgan fingerprint density at radius 2 is 2.31 bits per heavy atom. The summed E-state index contributed by atoms with van der Waals surface area (Å²) in [4.78, 5) is 11.2. The molecule has 1 atom stereocenters. The molecule has 0 aromatic carbocycles. The van der Waals surface area contributed by atoms with E-state index in [9.17, 15) is 4.79 Å². The van der Waals surface area contributed by atoms with Crippen LogP contribution in [0.3, 0.4) is 0 Å². The summed E-state index contributed by atoms with van der Waals surface area (Å²) in [5.74, 6) is 0.374. The van der Waals surface area contributed by atoms with Gasteiger partial charge < -0.3 is 10.5 Å². The molecule has 0 aliphatic heterocycles. The van der Waals surface area contributed by atoms with E-state index in [1.165, 1.54) is 6.42 Å². The molecule has 0 aromatic rings. The summed E-state index contributed by atoms with van der Waals surface area (Å²) in [5.41, 5.74) is 5.44. The lowest BCUT2D eigenvalue weighted by Gasteiger charge is -2.25. The van der Waals surface area contributed by atoms with Crippen molar-refractivity contribution in [1.29, 1.82) is 0 Å². The Labute approximate surface area is 79.6 Å². The predicted molar refractivity (Wildman–Crippen MR) is 51.2 cm³/mol. The first kappa shape index (κ1) is 10.5. The number of ether oxygens (including phenoxy) is 1. The van der Waals surface area contributed by atoms with Gasteiger partial charge >= 0.3 is 5.97 Å². The molecule has 1 aliphatic carbocycles. The van der Waals surface area contributed by atoms with Crippen molar-refractivity contribution in [1.82, 2.24) is 0 Å². The molecule has 1 rings (SSSR count). The van der Waals surface area contributed by atoms with Gasteiger partial charge in [0.1, 0.15) is 6.10 Å². The summed E-state index contributed by atoms with van der Waals surface area (Å²) in [6, 6.07) is 0. The van der Waals surface area contributed by atoms with Gasteiger partial charge in [0, 0.05) is 6.42 Å². The standard InChI is InChI=1S/C10H19NO2/c1-8(7-11)5-6-10(12)13-9-3-2-4-9/h8-9H,2-7,11H2,1H3. The van der Waals surface area contributed by atoms with Crippen molar-refractivity contribution in [3.05, 3.63) is 0 Å². The van der Waals surface area contributed by atoms with E-state index in [0.29, 0.717) is 18.9 Å². The third-order valence-corrected chi connectivity index (χ3v) is 2.59. The number of esters is 1. The number of hydrogen-bond donors (Lipinski definition) is 1. The van der Waals surface area contributed by atoms with Crippen LogP contribution in [0.5, 0.6) is 0 Å². The van der Waals surface area contributed by atoms with Crippen LogP contribution in [0.25, 0.3) is 0 Å².